The van der Waals surface area contributed by atoms with Crippen molar-refractivity contribution in [3.63, 3.8) is 0 Å². The fourth-order valence-electron chi connectivity index (χ4n) is 3.09. The number of halogens is 3. The molecule has 1 saturated heterocycles. The van der Waals surface area contributed by atoms with Crippen LogP contribution in [0, 0.1) is 0 Å². The molecular formula is C18H29F3N6O. The molecule has 0 spiro atoms. The van der Waals surface area contributed by atoms with E-state index in [1.165, 1.54) is 12.1 Å². The standard InChI is InChI=1S/C18H29F3N6O/c1-12-11-15(27(3)10-4-9-22-2)25-16(23-12)26-17(28)24-14-7-5-13(6-8-14)18(19,20)21/h5-8,12,15-16,22-23,25H,4,9-11H2,1-3H3,(H2,24,26,28). The monoisotopic (exact) mass is 402 g/mol. The van der Waals surface area contributed by atoms with Gasteiger partial charge in [-0.05, 0) is 64.7 Å². The first-order chi connectivity index (χ1) is 13.2. The Balaban J connectivity index is 1.86. The normalized spacial score (nSPS) is 22.9. The molecule has 5 N–H and O–H groups in total. The lowest BCUT2D eigenvalue weighted by Crippen LogP contribution is -2.67. The molecule has 0 radical (unpaired) electrons. The van der Waals surface area contributed by atoms with E-state index in [4.69, 9.17) is 0 Å². The van der Waals surface area contributed by atoms with E-state index < -0.39 is 24.1 Å². The molecule has 0 saturated carbocycles. The van der Waals surface area contributed by atoms with Crippen LogP contribution in [-0.4, -0.2) is 56.6 Å². The first kappa shape index (κ1) is 22.4. The third kappa shape index (κ3) is 6.93. The number of carbonyl (C=O) groups is 1. The fraction of sp³-hybridized carbons (Fsp3) is 0.611. The number of hydrogen-bond acceptors (Lipinski definition) is 5. The second kappa shape index (κ2) is 10.1. The summed E-state index contributed by atoms with van der Waals surface area (Å²) in [4.78, 5) is 14.4. The summed E-state index contributed by atoms with van der Waals surface area (Å²) in [5.74, 6) is 0. The van der Waals surface area contributed by atoms with Gasteiger partial charge in [-0.2, -0.15) is 13.2 Å². The number of rotatable bonds is 7. The maximum atomic E-state index is 12.6. The summed E-state index contributed by atoms with van der Waals surface area (Å²) in [5.41, 5.74) is -0.470. The molecule has 28 heavy (non-hydrogen) atoms. The summed E-state index contributed by atoms with van der Waals surface area (Å²) >= 11 is 0. The van der Waals surface area contributed by atoms with Gasteiger partial charge in [0, 0.05) is 18.3 Å². The van der Waals surface area contributed by atoms with Crippen molar-refractivity contribution in [2.45, 2.75) is 44.4 Å². The highest BCUT2D eigenvalue weighted by Gasteiger charge is 2.30. The third-order valence-electron chi connectivity index (χ3n) is 4.60. The highest BCUT2D eigenvalue weighted by molar-refractivity contribution is 5.89. The van der Waals surface area contributed by atoms with Gasteiger partial charge in [0.15, 0.2) is 0 Å². The first-order valence-electron chi connectivity index (χ1n) is 9.30. The van der Waals surface area contributed by atoms with Crippen LogP contribution in [0.4, 0.5) is 23.7 Å². The lowest BCUT2D eigenvalue weighted by Gasteiger charge is -2.40. The molecule has 2 rings (SSSR count). The summed E-state index contributed by atoms with van der Waals surface area (Å²) in [7, 11) is 3.95. The molecular weight excluding hydrogens is 373 g/mol. The molecule has 1 aliphatic rings. The van der Waals surface area contributed by atoms with E-state index in [1.807, 2.05) is 21.0 Å². The second-order valence-corrected chi connectivity index (χ2v) is 7.03. The first-order valence-corrected chi connectivity index (χ1v) is 9.30. The van der Waals surface area contributed by atoms with Gasteiger partial charge in [0.25, 0.3) is 0 Å². The molecule has 3 atom stereocenters. The summed E-state index contributed by atoms with van der Waals surface area (Å²) in [6.07, 6.45) is -2.85. The van der Waals surface area contributed by atoms with Gasteiger partial charge in [0.1, 0.15) is 6.29 Å². The summed E-state index contributed by atoms with van der Waals surface area (Å²) in [5, 5.41) is 15.0. The van der Waals surface area contributed by atoms with Crippen molar-refractivity contribution in [1.29, 1.82) is 0 Å². The smallest absolute Gasteiger partial charge is 0.320 e. The lowest BCUT2D eigenvalue weighted by atomic mass is 10.1. The van der Waals surface area contributed by atoms with Crippen LogP contribution in [-0.2, 0) is 6.18 Å². The summed E-state index contributed by atoms with van der Waals surface area (Å²) in [6.45, 7) is 3.88. The number of hydrogen-bond donors (Lipinski definition) is 5. The molecule has 2 amide bonds. The van der Waals surface area contributed by atoms with Gasteiger partial charge in [-0.3, -0.25) is 15.5 Å². The number of carbonyl (C=O) groups excluding carboxylic acids is 1. The Morgan fingerprint density at radius 2 is 1.93 bits per heavy atom. The van der Waals surface area contributed by atoms with Crippen molar-refractivity contribution < 1.29 is 18.0 Å². The topological polar surface area (TPSA) is 80.5 Å². The molecule has 1 heterocycles. The lowest BCUT2D eigenvalue weighted by molar-refractivity contribution is -0.137. The zero-order valence-electron chi connectivity index (χ0n) is 16.4. The van der Waals surface area contributed by atoms with Crippen LogP contribution in [0.25, 0.3) is 0 Å². The fourth-order valence-corrected chi connectivity index (χ4v) is 3.09. The van der Waals surface area contributed by atoms with E-state index in [9.17, 15) is 18.0 Å². The van der Waals surface area contributed by atoms with Crippen molar-refractivity contribution in [2.24, 2.45) is 0 Å². The number of benzene rings is 1. The molecule has 10 heteroatoms. The third-order valence-corrected chi connectivity index (χ3v) is 4.60. The van der Waals surface area contributed by atoms with Crippen LogP contribution in [0.1, 0.15) is 25.3 Å². The van der Waals surface area contributed by atoms with Crippen LogP contribution in [0.15, 0.2) is 24.3 Å². The van der Waals surface area contributed by atoms with E-state index in [0.717, 1.165) is 38.1 Å². The van der Waals surface area contributed by atoms with Gasteiger partial charge < -0.3 is 16.0 Å². The van der Waals surface area contributed by atoms with E-state index in [1.54, 1.807) is 0 Å². The highest BCUT2D eigenvalue weighted by atomic mass is 19.4. The van der Waals surface area contributed by atoms with Gasteiger partial charge in [0.05, 0.1) is 11.7 Å². The zero-order valence-corrected chi connectivity index (χ0v) is 16.4. The Morgan fingerprint density at radius 3 is 2.54 bits per heavy atom. The molecule has 0 aromatic heterocycles. The number of nitrogens with zero attached hydrogens (tertiary/aromatic N) is 1. The van der Waals surface area contributed by atoms with E-state index in [2.05, 4.69) is 31.5 Å². The van der Waals surface area contributed by atoms with Crippen molar-refractivity contribution >= 4 is 11.7 Å². The average Bonchev–Trinajstić information content (AvgIpc) is 2.61. The van der Waals surface area contributed by atoms with Crippen molar-refractivity contribution in [3.05, 3.63) is 29.8 Å². The Morgan fingerprint density at radius 1 is 1.25 bits per heavy atom. The predicted molar refractivity (Wildman–Crippen MR) is 103 cm³/mol. The molecule has 0 bridgehead atoms. The zero-order chi connectivity index (χ0) is 20.7. The number of nitrogens with one attached hydrogen (secondary N) is 5. The highest BCUT2D eigenvalue weighted by Crippen LogP contribution is 2.29. The predicted octanol–water partition coefficient (Wildman–Crippen LogP) is 1.95. The maximum absolute atomic E-state index is 12.6. The Bertz CT molecular complexity index is 625. The SMILES string of the molecule is CNCCCN(C)C1CC(C)NC(NC(=O)Nc2ccc(C(F)(F)F)cc2)N1. The van der Waals surface area contributed by atoms with E-state index >= 15 is 0 Å². The molecule has 1 aromatic carbocycles. The Labute approximate surface area is 163 Å². The Hall–Kier alpha value is -1.88. The minimum atomic E-state index is -4.40. The molecule has 1 fully saturated rings. The molecule has 1 aliphatic heterocycles. The van der Waals surface area contributed by atoms with E-state index in [0.29, 0.717) is 0 Å². The minimum Gasteiger partial charge on any atom is -0.320 e. The number of alkyl halides is 3. The van der Waals surface area contributed by atoms with Crippen LogP contribution < -0.4 is 26.6 Å². The number of urea groups is 1. The van der Waals surface area contributed by atoms with Gasteiger partial charge in [-0.15, -0.1) is 0 Å². The van der Waals surface area contributed by atoms with Crippen LogP contribution >= 0.6 is 0 Å². The largest absolute Gasteiger partial charge is 0.416 e. The molecule has 0 aliphatic carbocycles. The molecule has 158 valence electrons. The van der Waals surface area contributed by atoms with Crippen molar-refractivity contribution in [3.8, 4) is 0 Å². The molecule has 7 nitrogen and oxygen atoms in total. The second-order valence-electron chi connectivity index (χ2n) is 7.03. The van der Waals surface area contributed by atoms with Crippen LogP contribution in [0.5, 0.6) is 0 Å². The maximum Gasteiger partial charge on any atom is 0.416 e. The molecule has 3 unspecified atom stereocenters. The summed E-state index contributed by atoms with van der Waals surface area (Å²) in [6, 6.07) is 4.01. The quantitative estimate of drug-likeness (QED) is 0.451. The Kier molecular flexibility index (Phi) is 8.05. The summed E-state index contributed by atoms with van der Waals surface area (Å²) < 4.78 is 37.8. The van der Waals surface area contributed by atoms with Gasteiger partial charge >= 0.3 is 12.2 Å². The van der Waals surface area contributed by atoms with Crippen molar-refractivity contribution in [2.75, 3.05) is 32.5 Å². The van der Waals surface area contributed by atoms with Crippen LogP contribution in [0.3, 0.4) is 0 Å². The van der Waals surface area contributed by atoms with Gasteiger partial charge in [-0.1, -0.05) is 0 Å². The molecule has 1 aromatic rings. The van der Waals surface area contributed by atoms with Crippen LogP contribution in [0.2, 0.25) is 0 Å². The van der Waals surface area contributed by atoms with Crippen molar-refractivity contribution in [1.82, 2.24) is 26.2 Å². The number of amides is 2. The van der Waals surface area contributed by atoms with Gasteiger partial charge in [-0.25, -0.2) is 4.79 Å². The van der Waals surface area contributed by atoms with E-state index in [-0.39, 0.29) is 17.9 Å². The van der Waals surface area contributed by atoms with Gasteiger partial charge in [0.2, 0.25) is 0 Å². The number of anilines is 1. The average molecular weight is 402 g/mol. The minimum absolute atomic E-state index is 0.101.